The topological polar surface area (TPSA) is 86.6 Å². The van der Waals surface area contributed by atoms with Gasteiger partial charge in [-0.3, -0.25) is 4.79 Å². The first kappa shape index (κ1) is 11.0. The maximum atomic E-state index is 10.8. The van der Waals surface area contributed by atoms with Gasteiger partial charge in [0.05, 0.1) is 11.3 Å². The van der Waals surface area contributed by atoms with Crippen molar-refractivity contribution < 1.29 is 19.8 Å². The maximum Gasteiger partial charge on any atom is 0.336 e. The number of phenolic OH excluding ortho intramolecular Hbond substituents is 1. The molecule has 80 valence electrons. The van der Waals surface area contributed by atoms with Crippen LogP contribution in [0.5, 0.6) is 5.75 Å². The Kier molecular flexibility index (Phi) is 2.94. The van der Waals surface area contributed by atoms with Crippen LogP contribution in [-0.2, 0) is 4.79 Å². The Morgan fingerprint density at radius 2 is 1.93 bits per heavy atom. The number of carboxylic acids is 1. The molecule has 5 heteroatoms. The number of hydrogen-bond acceptors (Lipinski definition) is 3. The van der Waals surface area contributed by atoms with Crippen LogP contribution < -0.4 is 5.32 Å². The van der Waals surface area contributed by atoms with Gasteiger partial charge in [-0.15, -0.1) is 0 Å². The Balaban J connectivity index is 3.29. The number of carbonyl (C=O) groups is 2. The van der Waals surface area contributed by atoms with Crippen molar-refractivity contribution in [3.8, 4) is 5.75 Å². The van der Waals surface area contributed by atoms with Crippen LogP contribution in [0.1, 0.15) is 22.8 Å². The van der Waals surface area contributed by atoms with E-state index in [2.05, 4.69) is 5.32 Å². The molecule has 5 nitrogen and oxygen atoms in total. The summed E-state index contributed by atoms with van der Waals surface area (Å²) in [4.78, 5) is 21.6. The highest BCUT2D eigenvalue weighted by atomic mass is 16.4. The van der Waals surface area contributed by atoms with Gasteiger partial charge in [0.15, 0.2) is 0 Å². The summed E-state index contributed by atoms with van der Waals surface area (Å²) in [5, 5.41) is 20.6. The zero-order valence-electron chi connectivity index (χ0n) is 8.37. The summed E-state index contributed by atoms with van der Waals surface area (Å²) in [5.41, 5.74) is 0.525. The van der Waals surface area contributed by atoms with E-state index in [4.69, 9.17) is 5.11 Å². The quantitative estimate of drug-likeness (QED) is 0.642. The summed E-state index contributed by atoms with van der Waals surface area (Å²) in [6.45, 7) is 2.81. The molecule has 0 fully saturated rings. The molecule has 15 heavy (non-hydrogen) atoms. The van der Waals surface area contributed by atoms with Gasteiger partial charge in [0, 0.05) is 6.92 Å². The molecular formula is C10H11NO4. The predicted molar refractivity (Wildman–Crippen MR) is 54.1 cm³/mol. The fraction of sp³-hybridized carbons (Fsp3) is 0.200. The average molecular weight is 209 g/mol. The molecule has 0 heterocycles. The summed E-state index contributed by atoms with van der Waals surface area (Å²) < 4.78 is 0. The van der Waals surface area contributed by atoms with Crippen molar-refractivity contribution in [2.45, 2.75) is 13.8 Å². The Labute approximate surface area is 86.4 Å². The molecular weight excluding hydrogens is 198 g/mol. The third kappa shape index (κ3) is 2.25. The molecule has 0 aliphatic rings. The van der Waals surface area contributed by atoms with E-state index in [1.54, 1.807) is 0 Å². The zero-order valence-corrected chi connectivity index (χ0v) is 8.37. The van der Waals surface area contributed by atoms with Gasteiger partial charge in [-0.25, -0.2) is 4.79 Å². The van der Waals surface area contributed by atoms with Crippen molar-refractivity contribution >= 4 is 17.6 Å². The monoisotopic (exact) mass is 209 g/mol. The minimum absolute atomic E-state index is 0.0524. The molecule has 1 rings (SSSR count). The van der Waals surface area contributed by atoms with Crippen molar-refractivity contribution in [2.75, 3.05) is 5.32 Å². The van der Waals surface area contributed by atoms with E-state index in [-0.39, 0.29) is 22.9 Å². The molecule has 3 N–H and O–H groups in total. The SMILES string of the molecule is CC(=O)Nc1c(O)ccc(C(=O)O)c1C. The van der Waals surface area contributed by atoms with E-state index in [0.717, 1.165) is 0 Å². The number of benzene rings is 1. The highest BCUT2D eigenvalue weighted by Crippen LogP contribution is 2.29. The fourth-order valence-corrected chi connectivity index (χ4v) is 1.26. The van der Waals surface area contributed by atoms with Crippen molar-refractivity contribution in [3.63, 3.8) is 0 Å². The van der Waals surface area contributed by atoms with E-state index in [0.29, 0.717) is 5.56 Å². The fourth-order valence-electron chi connectivity index (χ4n) is 1.26. The Bertz CT molecular complexity index is 426. The van der Waals surface area contributed by atoms with Crippen molar-refractivity contribution in [3.05, 3.63) is 23.3 Å². The molecule has 0 spiro atoms. The number of aromatic hydroxyl groups is 1. The molecule has 1 aromatic rings. The number of nitrogens with one attached hydrogen (secondary N) is 1. The summed E-state index contributed by atoms with van der Waals surface area (Å²) in [7, 11) is 0. The van der Waals surface area contributed by atoms with Gasteiger partial charge in [-0.2, -0.15) is 0 Å². The molecule has 0 atom stereocenters. The summed E-state index contributed by atoms with van der Waals surface area (Å²) in [5.74, 6) is -1.61. The highest BCUT2D eigenvalue weighted by Gasteiger charge is 2.14. The van der Waals surface area contributed by atoms with Crippen LogP contribution >= 0.6 is 0 Å². The second-order valence-corrected chi connectivity index (χ2v) is 3.12. The van der Waals surface area contributed by atoms with Gasteiger partial charge in [-0.1, -0.05) is 0 Å². The molecule has 0 aliphatic heterocycles. The second-order valence-electron chi connectivity index (χ2n) is 3.12. The summed E-state index contributed by atoms with van der Waals surface area (Å²) >= 11 is 0. The van der Waals surface area contributed by atoms with Crippen LogP contribution in [0.25, 0.3) is 0 Å². The Hall–Kier alpha value is -2.04. The normalized spacial score (nSPS) is 9.73. The Morgan fingerprint density at radius 1 is 1.33 bits per heavy atom. The lowest BCUT2D eigenvalue weighted by Gasteiger charge is -2.10. The van der Waals surface area contributed by atoms with Gasteiger partial charge in [-0.05, 0) is 24.6 Å². The largest absolute Gasteiger partial charge is 0.506 e. The number of anilines is 1. The lowest BCUT2D eigenvalue weighted by atomic mass is 10.1. The molecule has 0 bridgehead atoms. The maximum absolute atomic E-state index is 10.8. The third-order valence-electron chi connectivity index (χ3n) is 1.97. The first-order chi connectivity index (χ1) is 6.93. The van der Waals surface area contributed by atoms with Crippen LogP contribution in [0.4, 0.5) is 5.69 Å². The van der Waals surface area contributed by atoms with Crippen molar-refractivity contribution in [1.82, 2.24) is 0 Å². The van der Waals surface area contributed by atoms with E-state index in [9.17, 15) is 14.7 Å². The Morgan fingerprint density at radius 3 is 2.40 bits per heavy atom. The van der Waals surface area contributed by atoms with E-state index in [1.165, 1.54) is 26.0 Å². The molecule has 0 saturated carbocycles. The van der Waals surface area contributed by atoms with Crippen LogP contribution in [0.3, 0.4) is 0 Å². The van der Waals surface area contributed by atoms with Gasteiger partial charge >= 0.3 is 5.97 Å². The first-order valence-corrected chi connectivity index (χ1v) is 4.27. The molecule has 0 aromatic heterocycles. The van der Waals surface area contributed by atoms with Crippen LogP contribution in [0, 0.1) is 6.92 Å². The van der Waals surface area contributed by atoms with E-state index >= 15 is 0 Å². The van der Waals surface area contributed by atoms with Crippen molar-refractivity contribution in [1.29, 1.82) is 0 Å². The molecule has 1 amide bonds. The van der Waals surface area contributed by atoms with Crippen LogP contribution in [0.2, 0.25) is 0 Å². The number of rotatable bonds is 2. The lowest BCUT2D eigenvalue weighted by Crippen LogP contribution is -2.10. The third-order valence-corrected chi connectivity index (χ3v) is 1.97. The van der Waals surface area contributed by atoms with Gasteiger partial charge in [0.25, 0.3) is 0 Å². The summed E-state index contributed by atoms with van der Waals surface area (Å²) in [6, 6.07) is 2.53. The lowest BCUT2D eigenvalue weighted by molar-refractivity contribution is -0.114. The summed E-state index contributed by atoms with van der Waals surface area (Å²) in [6.07, 6.45) is 0. The molecule has 0 unspecified atom stereocenters. The minimum Gasteiger partial charge on any atom is -0.506 e. The smallest absolute Gasteiger partial charge is 0.336 e. The average Bonchev–Trinajstić information content (AvgIpc) is 2.11. The minimum atomic E-state index is -1.10. The predicted octanol–water partition coefficient (Wildman–Crippen LogP) is 1.36. The van der Waals surface area contributed by atoms with Crippen LogP contribution in [0.15, 0.2) is 12.1 Å². The van der Waals surface area contributed by atoms with E-state index < -0.39 is 5.97 Å². The first-order valence-electron chi connectivity index (χ1n) is 4.27. The molecule has 0 radical (unpaired) electrons. The number of carboxylic acid groups (broad SMARTS) is 1. The zero-order chi connectivity index (χ0) is 11.6. The van der Waals surface area contributed by atoms with Crippen molar-refractivity contribution in [2.24, 2.45) is 0 Å². The number of amides is 1. The highest BCUT2D eigenvalue weighted by molar-refractivity contribution is 5.96. The van der Waals surface area contributed by atoms with Gasteiger partial charge in [0.1, 0.15) is 5.75 Å². The number of carbonyl (C=O) groups excluding carboxylic acids is 1. The number of aromatic carboxylic acids is 1. The van der Waals surface area contributed by atoms with Crippen LogP contribution in [-0.4, -0.2) is 22.1 Å². The standard InChI is InChI=1S/C10H11NO4/c1-5-7(10(14)15)3-4-8(13)9(5)11-6(2)12/h3-4,13H,1-2H3,(H,11,12)(H,14,15). The second kappa shape index (κ2) is 4.00. The van der Waals surface area contributed by atoms with Gasteiger partial charge < -0.3 is 15.5 Å². The molecule has 1 aromatic carbocycles. The number of phenols is 1. The number of hydrogen-bond donors (Lipinski definition) is 3. The molecule has 0 aliphatic carbocycles. The molecule has 0 saturated heterocycles. The van der Waals surface area contributed by atoms with Gasteiger partial charge in [0.2, 0.25) is 5.91 Å². The van der Waals surface area contributed by atoms with E-state index in [1.807, 2.05) is 0 Å².